The quantitative estimate of drug-likeness (QED) is 0.924. The molecule has 1 unspecified atom stereocenters. The van der Waals surface area contributed by atoms with Crippen LogP contribution in [0.15, 0.2) is 24.3 Å². The second-order valence-electron chi connectivity index (χ2n) is 6.36. The Morgan fingerprint density at radius 2 is 2.05 bits per heavy atom. The van der Waals surface area contributed by atoms with Crippen molar-refractivity contribution in [1.82, 2.24) is 10.2 Å². The Kier molecular flexibility index (Phi) is 5.70. The Bertz CT molecular complexity index is 511. The third-order valence-corrected chi connectivity index (χ3v) is 4.89. The van der Waals surface area contributed by atoms with Gasteiger partial charge in [0.1, 0.15) is 5.75 Å². The number of methoxy groups -OCH3 is 1. The van der Waals surface area contributed by atoms with Crippen molar-refractivity contribution in [1.29, 1.82) is 0 Å². The van der Waals surface area contributed by atoms with Gasteiger partial charge >= 0.3 is 0 Å². The van der Waals surface area contributed by atoms with Gasteiger partial charge in [0.25, 0.3) is 0 Å². The van der Waals surface area contributed by atoms with Crippen molar-refractivity contribution in [2.45, 2.75) is 19.3 Å². The second kappa shape index (κ2) is 7.34. The number of nitrogens with one attached hydrogen (secondary N) is 1. The number of hydrogen-bond acceptors (Lipinski definition) is 3. The molecule has 1 aromatic carbocycles. The number of likely N-dealkylation sites (tertiary alicyclic amines) is 1. The molecule has 122 valence electrons. The van der Waals surface area contributed by atoms with Gasteiger partial charge in [-0.05, 0) is 35.4 Å². The number of hydrogen-bond donors (Lipinski definition) is 1. The minimum atomic E-state index is 0. The van der Waals surface area contributed by atoms with Gasteiger partial charge in [0.05, 0.1) is 7.11 Å². The first kappa shape index (κ1) is 17.1. The smallest absolute Gasteiger partial charge is 0.223 e. The fourth-order valence-electron chi connectivity index (χ4n) is 3.52. The van der Waals surface area contributed by atoms with Crippen molar-refractivity contribution in [2.75, 3.05) is 33.3 Å². The molecule has 2 aliphatic rings. The van der Waals surface area contributed by atoms with Crippen LogP contribution < -0.4 is 10.1 Å². The van der Waals surface area contributed by atoms with E-state index in [0.29, 0.717) is 24.2 Å². The van der Waals surface area contributed by atoms with Crippen LogP contribution >= 0.6 is 12.4 Å². The maximum absolute atomic E-state index is 12.5. The molecule has 3 rings (SSSR count). The van der Waals surface area contributed by atoms with Gasteiger partial charge in [-0.25, -0.2) is 0 Å². The van der Waals surface area contributed by atoms with Crippen LogP contribution in [0.25, 0.3) is 0 Å². The molecule has 0 aliphatic carbocycles. The zero-order chi connectivity index (χ0) is 14.8. The second-order valence-corrected chi connectivity index (χ2v) is 6.36. The van der Waals surface area contributed by atoms with E-state index in [4.69, 9.17) is 4.74 Å². The van der Waals surface area contributed by atoms with Crippen molar-refractivity contribution in [3.63, 3.8) is 0 Å². The first-order valence-electron chi connectivity index (χ1n) is 7.80. The van der Waals surface area contributed by atoms with Crippen LogP contribution in [0.2, 0.25) is 0 Å². The fourth-order valence-corrected chi connectivity index (χ4v) is 3.52. The summed E-state index contributed by atoms with van der Waals surface area (Å²) in [4.78, 5) is 14.6. The normalized spacial score (nSPS) is 24.5. The summed E-state index contributed by atoms with van der Waals surface area (Å²) in [6.45, 7) is 6.12. The van der Waals surface area contributed by atoms with Gasteiger partial charge < -0.3 is 15.0 Å². The molecule has 0 spiro atoms. The summed E-state index contributed by atoms with van der Waals surface area (Å²) < 4.78 is 5.26. The highest BCUT2D eigenvalue weighted by molar-refractivity contribution is 5.85. The van der Waals surface area contributed by atoms with E-state index in [9.17, 15) is 4.79 Å². The fraction of sp³-hybridized carbons (Fsp3) is 0.588. The molecule has 2 aliphatic heterocycles. The van der Waals surface area contributed by atoms with E-state index < -0.39 is 0 Å². The van der Waals surface area contributed by atoms with E-state index in [2.05, 4.69) is 23.2 Å². The number of benzene rings is 1. The summed E-state index contributed by atoms with van der Waals surface area (Å²) in [5.74, 6) is 2.71. The Hall–Kier alpha value is -1.26. The van der Waals surface area contributed by atoms with Gasteiger partial charge in [-0.1, -0.05) is 19.1 Å². The summed E-state index contributed by atoms with van der Waals surface area (Å²) in [7, 11) is 1.67. The maximum atomic E-state index is 12.5. The molecule has 1 aromatic rings. The Morgan fingerprint density at radius 1 is 1.36 bits per heavy atom. The highest BCUT2D eigenvalue weighted by atomic mass is 35.5. The molecular formula is C17H25ClN2O2. The molecule has 2 fully saturated rings. The third-order valence-electron chi connectivity index (χ3n) is 4.89. The minimum Gasteiger partial charge on any atom is -0.497 e. The molecule has 3 atom stereocenters. The number of rotatable bonds is 4. The SMILES string of the molecule is COc1cccc(C(C)CC(=O)N2C[C@H]3CNC[C@H]3C2)c1.Cl. The lowest BCUT2D eigenvalue weighted by Gasteiger charge is -2.20. The lowest BCUT2D eigenvalue weighted by Crippen LogP contribution is -2.32. The van der Waals surface area contributed by atoms with Crippen molar-refractivity contribution < 1.29 is 9.53 Å². The van der Waals surface area contributed by atoms with Crippen LogP contribution in [0.5, 0.6) is 5.75 Å². The molecule has 1 N–H and O–H groups in total. The number of halogens is 1. The largest absolute Gasteiger partial charge is 0.497 e. The topological polar surface area (TPSA) is 41.6 Å². The van der Waals surface area contributed by atoms with Gasteiger partial charge in [-0.2, -0.15) is 0 Å². The molecule has 4 nitrogen and oxygen atoms in total. The monoisotopic (exact) mass is 324 g/mol. The number of fused-ring (bicyclic) bond motifs is 1. The highest BCUT2D eigenvalue weighted by Crippen LogP contribution is 2.29. The molecule has 0 bridgehead atoms. The van der Waals surface area contributed by atoms with E-state index >= 15 is 0 Å². The van der Waals surface area contributed by atoms with Gasteiger partial charge in [0, 0.05) is 32.6 Å². The molecule has 0 radical (unpaired) electrons. The predicted molar refractivity (Wildman–Crippen MR) is 89.7 cm³/mol. The van der Waals surface area contributed by atoms with Crippen LogP contribution in [0.4, 0.5) is 0 Å². The number of carbonyl (C=O) groups is 1. The highest BCUT2D eigenvalue weighted by Gasteiger charge is 2.38. The third kappa shape index (κ3) is 3.55. The molecular weight excluding hydrogens is 300 g/mol. The van der Waals surface area contributed by atoms with Crippen LogP contribution in [-0.4, -0.2) is 44.1 Å². The molecule has 2 heterocycles. The average Bonchev–Trinajstić information content (AvgIpc) is 3.08. The summed E-state index contributed by atoms with van der Waals surface area (Å²) in [5, 5.41) is 3.41. The van der Waals surface area contributed by atoms with Crippen LogP contribution in [0, 0.1) is 11.8 Å². The van der Waals surface area contributed by atoms with Gasteiger partial charge in [-0.15, -0.1) is 12.4 Å². The first-order valence-corrected chi connectivity index (χ1v) is 7.80. The standard InChI is InChI=1S/C17H24N2O2.ClH/c1-12(13-4-3-5-16(7-13)21-2)6-17(20)19-10-14-8-18-9-15(14)11-19;/h3-5,7,12,14-15,18H,6,8-11H2,1-2H3;1H/t12?,14-,15+;. The minimum absolute atomic E-state index is 0. The summed E-state index contributed by atoms with van der Waals surface area (Å²) in [6.07, 6.45) is 0.583. The Morgan fingerprint density at radius 3 is 2.68 bits per heavy atom. The summed E-state index contributed by atoms with van der Waals surface area (Å²) in [6, 6.07) is 8.03. The van der Waals surface area contributed by atoms with Gasteiger partial charge in [0.15, 0.2) is 0 Å². The number of nitrogens with zero attached hydrogens (tertiary/aromatic N) is 1. The van der Waals surface area contributed by atoms with Crippen molar-refractivity contribution in [2.24, 2.45) is 11.8 Å². The molecule has 2 saturated heterocycles. The van der Waals surface area contributed by atoms with Crippen molar-refractivity contribution >= 4 is 18.3 Å². The predicted octanol–water partition coefficient (Wildman–Crippen LogP) is 2.29. The van der Waals surface area contributed by atoms with E-state index in [1.807, 2.05) is 18.2 Å². The van der Waals surface area contributed by atoms with Gasteiger partial charge in [-0.3, -0.25) is 4.79 Å². The number of amides is 1. The first-order chi connectivity index (χ1) is 10.2. The summed E-state index contributed by atoms with van der Waals surface area (Å²) >= 11 is 0. The van der Waals surface area contributed by atoms with Crippen molar-refractivity contribution in [3.8, 4) is 5.75 Å². The van der Waals surface area contributed by atoms with E-state index in [-0.39, 0.29) is 18.3 Å². The average molecular weight is 325 g/mol. The lowest BCUT2D eigenvalue weighted by atomic mass is 9.97. The van der Waals surface area contributed by atoms with E-state index in [1.165, 1.54) is 5.56 Å². The molecule has 0 saturated carbocycles. The Balaban J connectivity index is 0.00000176. The van der Waals surface area contributed by atoms with Crippen LogP contribution in [0.3, 0.4) is 0 Å². The van der Waals surface area contributed by atoms with Crippen molar-refractivity contribution in [3.05, 3.63) is 29.8 Å². The number of carbonyl (C=O) groups excluding carboxylic acids is 1. The van der Waals surface area contributed by atoms with E-state index in [1.54, 1.807) is 7.11 Å². The van der Waals surface area contributed by atoms with Crippen LogP contribution in [0.1, 0.15) is 24.8 Å². The molecule has 22 heavy (non-hydrogen) atoms. The molecule has 1 amide bonds. The lowest BCUT2D eigenvalue weighted by molar-refractivity contribution is -0.130. The molecule has 5 heteroatoms. The molecule has 0 aromatic heterocycles. The number of ether oxygens (including phenoxy) is 1. The van der Waals surface area contributed by atoms with E-state index in [0.717, 1.165) is 31.9 Å². The summed E-state index contributed by atoms with van der Waals surface area (Å²) in [5.41, 5.74) is 1.17. The van der Waals surface area contributed by atoms with Crippen LogP contribution in [-0.2, 0) is 4.79 Å². The maximum Gasteiger partial charge on any atom is 0.223 e. The zero-order valence-electron chi connectivity index (χ0n) is 13.2. The Labute approximate surface area is 138 Å². The zero-order valence-corrected chi connectivity index (χ0v) is 14.1. The van der Waals surface area contributed by atoms with Gasteiger partial charge in [0.2, 0.25) is 5.91 Å².